The third-order valence-electron chi connectivity index (χ3n) is 3.46. The van der Waals surface area contributed by atoms with Gasteiger partial charge in [-0.05, 0) is 56.0 Å². The van der Waals surface area contributed by atoms with E-state index < -0.39 is 8.80 Å². The van der Waals surface area contributed by atoms with Crippen molar-refractivity contribution < 1.29 is 13.3 Å². The molecule has 0 saturated heterocycles. The Morgan fingerprint density at radius 2 is 1.65 bits per heavy atom. The number of fused-ring (bicyclic) bond motifs is 1. The average Bonchev–Trinajstić information content (AvgIpc) is 2.39. The molecule has 1 aromatic rings. The first kappa shape index (κ1) is 15.4. The Hall–Kier alpha value is -0.943. The molecule has 0 saturated carbocycles. The van der Waals surface area contributed by atoms with Crippen LogP contribution in [0, 0.1) is 0 Å². The highest BCUT2D eigenvalue weighted by Crippen LogP contribution is 2.27. The van der Waals surface area contributed by atoms with Crippen molar-refractivity contribution in [1.29, 1.82) is 0 Å². The van der Waals surface area contributed by atoms with Gasteiger partial charge < -0.3 is 13.3 Å². The molecule has 0 N–H and O–H groups in total. The smallest absolute Gasteiger partial charge is 0.371 e. The Morgan fingerprint density at radius 1 is 1.00 bits per heavy atom. The predicted molar refractivity (Wildman–Crippen MR) is 83.5 cm³/mol. The van der Waals surface area contributed by atoms with Crippen LogP contribution >= 0.6 is 0 Å². The van der Waals surface area contributed by atoms with E-state index in [1.165, 1.54) is 29.5 Å². The van der Waals surface area contributed by atoms with Crippen molar-refractivity contribution in [3.63, 3.8) is 0 Å². The molecule has 1 aromatic carbocycles. The van der Waals surface area contributed by atoms with E-state index in [-0.39, 0.29) is 0 Å². The molecule has 2 rings (SSSR count). The lowest BCUT2D eigenvalue weighted by molar-refractivity contribution is 0.0845. The molecule has 0 radical (unpaired) electrons. The van der Waals surface area contributed by atoms with Gasteiger partial charge in [0, 0.05) is 19.8 Å². The quantitative estimate of drug-likeness (QED) is 0.687. The minimum absolute atomic E-state index is 0.601. The molecule has 0 spiro atoms. The Labute approximate surface area is 122 Å². The van der Waals surface area contributed by atoms with Crippen LogP contribution in [0.5, 0.6) is 0 Å². The van der Waals surface area contributed by atoms with E-state index in [4.69, 9.17) is 13.3 Å². The maximum absolute atomic E-state index is 5.83. The lowest BCUT2D eigenvalue weighted by Gasteiger charge is -2.26. The second kappa shape index (κ2) is 7.18. The van der Waals surface area contributed by atoms with E-state index in [1.54, 1.807) is 0 Å². The zero-order valence-electron chi connectivity index (χ0n) is 12.6. The van der Waals surface area contributed by atoms with E-state index >= 15 is 0 Å². The SMILES string of the molecule is CCO[Si](/C=C/c1cccc2c1CC2)(OCC)OCC. The first-order valence-electron chi connectivity index (χ1n) is 7.46. The molecule has 0 fully saturated rings. The summed E-state index contributed by atoms with van der Waals surface area (Å²) in [6.45, 7) is 7.73. The van der Waals surface area contributed by atoms with Crippen molar-refractivity contribution >= 4 is 14.9 Å². The van der Waals surface area contributed by atoms with Crippen LogP contribution in [0.15, 0.2) is 23.9 Å². The Kier molecular flexibility index (Phi) is 5.54. The van der Waals surface area contributed by atoms with Crippen LogP contribution in [-0.4, -0.2) is 28.6 Å². The van der Waals surface area contributed by atoms with Crippen molar-refractivity contribution in [1.82, 2.24) is 0 Å². The van der Waals surface area contributed by atoms with Crippen LogP contribution in [0.2, 0.25) is 0 Å². The van der Waals surface area contributed by atoms with Crippen molar-refractivity contribution in [2.45, 2.75) is 33.6 Å². The van der Waals surface area contributed by atoms with Crippen molar-refractivity contribution in [2.75, 3.05) is 19.8 Å². The van der Waals surface area contributed by atoms with Crippen LogP contribution in [0.3, 0.4) is 0 Å². The number of aryl methyl sites for hydroxylation is 1. The van der Waals surface area contributed by atoms with Gasteiger partial charge in [0.15, 0.2) is 0 Å². The Morgan fingerprint density at radius 3 is 2.15 bits per heavy atom. The minimum atomic E-state index is -2.68. The highest BCUT2D eigenvalue weighted by molar-refractivity contribution is 6.67. The summed E-state index contributed by atoms with van der Waals surface area (Å²) >= 11 is 0. The van der Waals surface area contributed by atoms with Crippen molar-refractivity contribution in [3.8, 4) is 0 Å². The number of hydrogen-bond donors (Lipinski definition) is 0. The largest absolute Gasteiger partial charge is 0.529 e. The summed E-state index contributed by atoms with van der Waals surface area (Å²) in [5, 5.41) is 0. The monoisotopic (exact) mass is 292 g/mol. The van der Waals surface area contributed by atoms with Gasteiger partial charge in [-0.3, -0.25) is 0 Å². The molecule has 0 bridgehead atoms. The highest BCUT2D eigenvalue weighted by Gasteiger charge is 2.37. The standard InChI is InChI=1S/C16H24O3Si/c1-4-17-20(18-5-2,19-6-3)13-12-15-9-7-8-14-10-11-16(14)15/h7-9,12-13H,4-6,10-11H2,1-3H3/b13-12+. The summed E-state index contributed by atoms with van der Waals surface area (Å²) in [5.74, 6) is 0. The summed E-state index contributed by atoms with van der Waals surface area (Å²) in [5.41, 5.74) is 6.21. The summed E-state index contributed by atoms with van der Waals surface area (Å²) in [6, 6.07) is 6.47. The number of hydrogen-bond acceptors (Lipinski definition) is 3. The molecule has 0 aliphatic heterocycles. The summed E-state index contributed by atoms with van der Waals surface area (Å²) in [7, 11) is -2.68. The van der Waals surface area contributed by atoms with Gasteiger partial charge >= 0.3 is 8.80 Å². The lowest BCUT2D eigenvalue weighted by Crippen LogP contribution is -2.44. The molecule has 1 aliphatic carbocycles. The number of benzene rings is 1. The topological polar surface area (TPSA) is 27.7 Å². The molecule has 20 heavy (non-hydrogen) atoms. The van der Waals surface area contributed by atoms with Crippen molar-refractivity contribution in [2.24, 2.45) is 0 Å². The second-order valence-corrected chi connectivity index (χ2v) is 7.13. The van der Waals surface area contributed by atoms with Gasteiger partial charge in [0.05, 0.1) is 0 Å². The maximum atomic E-state index is 5.83. The van der Waals surface area contributed by atoms with Crippen LogP contribution in [-0.2, 0) is 26.1 Å². The molecular weight excluding hydrogens is 268 g/mol. The van der Waals surface area contributed by atoms with Gasteiger partial charge in [-0.15, -0.1) is 0 Å². The first-order chi connectivity index (χ1) is 9.74. The van der Waals surface area contributed by atoms with Crippen LogP contribution in [0.4, 0.5) is 0 Å². The Bertz CT molecular complexity index is 454. The maximum Gasteiger partial charge on any atom is 0.529 e. The molecule has 110 valence electrons. The molecule has 0 amide bonds. The van der Waals surface area contributed by atoms with Gasteiger partial charge in [0.2, 0.25) is 0 Å². The van der Waals surface area contributed by atoms with Gasteiger partial charge in [0.25, 0.3) is 0 Å². The fourth-order valence-corrected chi connectivity index (χ4v) is 4.63. The predicted octanol–water partition coefficient (Wildman–Crippen LogP) is 3.39. The highest BCUT2D eigenvalue weighted by atomic mass is 28.4. The van der Waals surface area contributed by atoms with Gasteiger partial charge in [-0.1, -0.05) is 24.3 Å². The van der Waals surface area contributed by atoms with Crippen LogP contribution in [0.25, 0.3) is 6.08 Å². The molecule has 0 atom stereocenters. The van der Waals surface area contributed by atoms with E-state index in [0.717, 1.165) is 0 Å². The molecule has 0 heterocycles. The van der Waals surface area contributed by atoms with E-state index in [1.807, 2.05) is 26.5 Å². The zero-order valence-corrected chi connectivity index (χ0v) is 13.6. The van der Waals surface area contributed by atoms with E-state index in [9.17, 15) is 0 Å². The summed E-state index contributed by atoms with van der Waals surface area (Å²) in [6.07, 6.45) is 4.48. The lowest BCUT2D eigenvalue weighted by atomic mass is 9.85. The second-order valence-electron chi connectivity index (χ2n) is 4.72. The Balaban J connectivity index is 2.21. The van der Waals surface area contributed by atoms with Crippen LogP contribution < -0.4 is 0 Å². The fourth-order valence-electron chi connectivity index (χ4n) is 2.50. The molecule has 1 aliphatic rings. The van der Waals surface area contributed by atoms with Gasteiger partial charge in [-0.25, -0.2) is 0 Å². The molecule has 3 nitrogen and oxygen atoms in total. The molecule has 0 aromatic heterocycles. The van der Waals surface area contributed by atoms with Gasteiger partial charge in [0.1, 0.15) is 0 Å². The summed E-state index contributed by atoms with van der Waals surface area (Å²) in [4.78, 5) is 0. The molecule has 0 unspecified atom stereocenters. The third kappa shape index (κ3) is 3.38. The molecular formula is C16H24O3Si. The van der Waals surface area contributed by atoms with Gasteiger partial charge in [-0.2, -0.15) is 0 Å². The first-order valence-corrected chi connectivity index (χ1v) is 9.26. The zero-order chi connectivity index (χ0) is 14.4. The van der Waals surface area contributed by atoms with Crippen LogP contribution in [0.1, 0.15) is 37.5 Å². The third-order valence-corrected chi connectivity index (χ3v) is 6.11. The average molecular weight is 292 g/mol. The molecule has 4 heteroatoms. The van der Waals surface area contributed by atoms with E-state index in [2.05, 4.69) is 24.3 Å². The minimum Gasteiger partial charge on any atom is -0.371 e. The van der Waals surface area contributed by atoms with Crippen molar-refractivity contribution in [3.05, 3.63) is 40.6 Å². The summed E-state index contributed by atoms with van der Waals surface area (Å²) < 4.78 is 17.5. The van der Waals surface area contributed by atoms with E-state index in [0.29, 0.717) is 19.8 Å². The fraction of sp³-hybridized carbons (Fsp3) is 0.500. The normalized spacial score (nSPS) is 14.3. The number of rotatable bonds is 8.